The molecule has 4 amide bonds. The van der Waals surface area contributed by atoms with Gasteiger partial charge in [0.1, 0.15) is 11.2 Å². The Balaban J connectivity index is 2.40. The van der Waals surface area contributed by atoms with E-state index in [1.165, 1.54) is 13.8 Å². The lowest BCUT2D eigenvalue weighted by Gasteiger charge is -2.34. The highest BCUT2D eigenvalue weighted by Gasteiger charge is 2.47. The van der Waals surface area contributed by atoms with Crippen molar-refractivity contribution in [3.8, 4) is 5.75 Å². The third-order valence-corrected chi connectivity index (χ3v) is 3.12. The molecule has 0 saturated carbocycles. The third kappa shape index (κ3) is 2.24. The van der Waals surface area contributed by atoms with Crippen molar-refractivity contribution in [1.82, 2.24) is 5.32 Å². The van der Waals surface area contributed by atoms with E-state index in [-0.39, 0.29) is 0 Å². The van der Waals surface area contributed by atoms with Crippen LogP contribution < -0.4 is 15.0 Å². The summed E-state index contributed by atoms with van der Waals surface area (Å²) in [6, 6.07) is 5.88. The monoisotopic (exact) mass is 276 g/mol. The molecule has 0 aliphatic carbocycles. The summed E-state index contributed by atoms with van der Waals surface area (Å²) in [7, 11) is 0. The van der Waals surface area contributed by atoms with Crippen molar-refractivity contribution in [1.29, 1.82) is 0 Å². The number of anilines is 1. The van der Waals surface area contributed by atoms with E-state index in [2.05, 4.69) is 5.32 Å². The molecule has 0 atom stereocenters. The summed E-state index contributed by atoms with van der Waals surface area (Å²) in [4.78, 5) is 36.9. The number of carbonyl (C=O) groups is 3. The van der Waals surface area contributed by atoms with Gasteiger partial charge in [-0.25, -0.2) is 9.69 Å². The highest BCUT2D eigenvalue weighted by atomic mass is 16.5. The first-order valence-electron chi connectivity index (χ1n) is 6.30. The Hall–Kier alpha value is -2.37. The number of benzene rings is 1. The minimum Gasteiger partial charge on any atom is -0.494 e. The second-order valence-electron chi connectivity index (χ2n) is 4.96. The van der Waals surface area contributed by atoms with Gasteiger partial charge in [-0.2, -0.15) is 0 Å². The maximum Gasteiger partial charge on any atom is 0.335 e. The van der Waals surface area contributed by atoms with E-state index in [1.54, 1.807) is 24.3 Å². The summed E-state index contributed by atoms with van der Waals surface area (Å²) < 4.78 is 5.34. The molecule has 106 valence electrons. The molecule has 1 aliphatic rings. The number of carbonyl (C=O) groups excluding carboxylic acids is 3. The van der Waals surface area contributed by atoms with E-state index in [4.69, 9.17) is 4.74 Å². The second-order valence-corrected chi connectivity index (χ2v) is 4.96. The van der Waals surface area contributed by atoms with E-state index in [9.17, 15) is 14.4 Å². The molecule has 20 heavy (non-hydrogen) atoms. The van der Waals surface area contributed by atoms with Crippen molar-refractivity contribution in [2.75, 3.05) is 11.5 Å². The molecule has 1 aliphatic heterocycles. The highest BCUT2D eigenvalue weighted by Crippen LogP contribution is 2.29. The molecule has 1 saturated heterocycles. The van der Waals surface area contributed by atoms with Crippen LogP contribution in [0, 0.1) is 5.41 Å². The van der Waals surface area contributed by atoms with Gasteiger partial charge < -0.3 is 4.74 Å². The van der Waals surface area contributed by atoms with Crippen LogP contribution in [0.25, 0.3) is 0 Å². The second kappa shape index (κ2) is 4.96. The van der Waals surface area contributed by atoms with Crippen molar-refractivity contribution < 1.29 is 19.1 Å². The maximum absolute atomic E-state index is 12.3. The van der Waals surface area contributed by atoms with E-state index in [1.807, 2.05) is 6.92 Å². The van der Waals surface area contributed by atoms with Gasteiger partial charge in [0.15, 0.2) is 0 Å². The largest absolute Gasteiger partial charge is 0.494 e. The van der Waals surface area contributed by atoms with E-state index in [0.717, 1.165) is 4.90 Å². The van der Waals surface area contributed by atoms with Gasteiger partial charge in [0.25, 0.3) is 0 Å². The lowest BCUT2D eigenvalue weighted by Crippen LogP contribution is -2.62. The van der Waals surface area contributed by atoms with E-state index < -0.39 is 23.3 Å². The van der Waals surface area contributed by atoms with Gasteiger partial charge in [-0.3, -0.25) is 14.9 Å². The number of barbiturate groups is 1. The summed E-state index contributed by atoms with van der Waals surface area (Å²) >= 11 is 0. The molecule has 1 aromatic carbocycles. The Kier molecular flexibility index (Phi) is 3.48. The van der Waals surface area contributed by atoms with E-state index >= 15 is 0 Å². The van der Waals surface area contributed by atoms with Crippen molar-refractivity contribution in [3.05, 3.63) is 24.3 Å². The lowest BCUT2D eigenvalue weighted by molar-refractivity contribution is -0.140. The van der Waals surface area contributed by atoms with Gasteiger partial charge >= 0.3 is 6.03 Å². The molecular formula is C14H16N2O4. The summed E-state index contributed by atoms with van der Waals surface area (Å²) in [6.45, 7) is 5.29. The molecule has 1 N–H and O–H groups in total. The molecule has 1 fully saturated rings. The van der Waals surface area contributed by atoms with Crippen molar-refractivity contribution in [3.63, 3.8) is 0 Å². The van der Waals surface area contributed by atoms with Gasteiger partial charge in [0.2, 0.25) is 11.8 Å². The predicted octanol–water partition coefficient (Wildman–Crippen LogP) is 1.69. The quantitative estimate of drug-likeness (QED) is 0.852. The Bertz CT molecular complexity index is 580. The molecule has 0 aromatic heterocycles. The van der Waals surface area contributed by atoms with Crippen LogP contribution in [0.1, 0.15) is 20.8 Å². The summed E-state index contributed by atoms with van der Waals surface area (Å²) in [5, 5.41) is 2.19. The van der Waals surface area contributed by atoms with Crippen LogP contribution in [0.3, 0.4) is 0 Å². The lowest BCUT2D eigenvalue weighted by atomic mass is 9.88. The van der Waals surface area contributed by atoms with Gasteiger partial charge in [0, 0.05) is 6.07 Å². The third-order valence-electron chi connectivity index (χ3n) is 3.12. The first-order chi connectivity index (χ1) is 9.37. The van der Waals surface area contributed by atoms with Gasteiger partial charge in [-0.05, 0) is 32.9 Å². The van der Waals surface area contributed by atoms with Gasteiger partial charge in [-0.1, -0.05) is 6.07 Å². The summed E-state index contributed by atoms with van der Waals surface area (Å²) in [6.07, 6.45) is 0. The fraction of sp³-hybridized carbons (Fsp3) is 0.357. The molecule has 0 spiro atoms. The molecule has 6 nitrogen and oxygen atoms in total. The molecule has 1 heterocycles. The normalized spacial score (nSPS) is 17.9. The summed E-state index contributed by atoms with van der Waals surface area (Å²) in [5.41, 5.74) is -0.908. The van der Waals surface area contributed by atoms with Crippen LogP contribution in [0.15, 0.2) is 24.3 Å². The van der Waals surface area contributed by atoms with Crippen molar-refractivity contribution in [2.24, 2.45) is 5.41 Å². The fourth-order valence-corrected chi connectivity index (χ4v) is 1.89. The number of imide groups is 2. The zero-order valence-electron chi connectivity index (χ0n) is 11.6. The number of ether oxygens (including phenoxy) is 1. The first kappa shape index (κ1) is 14.0. The molecular weight excluding hydrogens is 260 g/mol. The van der Waals surface area contributed by atoms with Crippen LogP contribution in [-0.4, -0.2) is 24.5 Å². The summed E-state index contributed by atoms with van der Waals surface area (Å²) in [5.74, 6) is -0.593. The number of hydrogen-bond donors (Lipinski definition) is 1. The van der Waals surface area contributed by atoms with Crippen LogP contribution in [0.4, 0.5) is 10.5 Å². The molecule has 1 aromatic rings. The molecule has 0 radical (unpaired) electrons. The number of hydrogen-bond acceptors (Lipinski definition) is 4. The van der Waals surface area contributed by atoms with Crippen molar-refractivity contribution in [2.45, 2.75) is 20.8 Å². The molecule has 0 unspecified atom stereocenters. The number of nitrogens with one attached hydrogen (secondary N) is 1. The first-order valence-corrected chi connectivity index (χ1v) is 6.30. The van der Waals surface area contributed by atoms with Gasteiger partial charge in [0.05, 0.1) is 12.3 Å². The zero-order valence-corrected chi connectivity index (χ0v) is 11.6. The Morgan fingerprint density at radius 3 is 2.60 bits per heavy atom. The van der Waals surface area contributed by atoms with Crippen LogP contribution in [0.5, 0.6) is 5.75 Å². The smallest absolute Gasteiger partial charge is 0.335 e. The topological polar surface area (TPSA) is 75.7 Å². The zero-order chi connectivity index (χ0) is 14.9. The van der Waals surface area contributed by atoms with Crippen molar-refractivity contribution >= 4 is 23.5 Å². The molecule has 6 heteroatoms. The Morgan fingerprint density at radius 1 is 1.25 bits per heavy atom. The Labute approximate surface area is 116 Å². The minimum atomic E-state index is -1.28. The molecule has 2 rings (SSSR count). The average Bonchev–Trinajstić information content (AvgIpc) is 2.38. The van der Waals surface area contributed by atoms with Gasteiger partial charge in [-0.15, -0.1) is 0 Å². The highest BCUT2D eigenvalue weighted by molar-refractivity contribution is 6.29. The van der Waals surface area contributed by atoms with E-state index in [0.29, 0.717) is 18.0 Å². The number of nitrogens with zero attached hydrogens (tertiary/aromatic N) is 1. The number of rotatable bonds is 3. The van der Waals surface area contributed by atoms with Crippen LogP contribution in [-0.2, 0) is 9.59 Å². The minimum absolute atomic E-state index is 0.374. The average molecular weight is 276 g/mol. The van der Waals surface area contributed by atoms with Crippen LogP contribution in [0.2, 0.25) is 0 Å². The fourth-order valence-electron chi connectivity index (χ4n) is 1.89. The van der Waals surface area contributed by atoms with Crippen LogP contribution >= 0.6 is 0 Å². The predicted molar refractivity (Wildman–Crippen MR) is 72.4 cm³/mol. The SMILES string of the molecule is CCOc1cccc(N2C(=O)NC(=O)C(C)(C)C2=O)c1. The Morgan fingerprint density at radius 2 is 1.95 bits per heavy atom. The molecule has 0 bridgehead atoms. The standard InChI is InChI=1S/C14H16N2O4/c1-4-20-10-7-5-6-9(8-10)16-12(18)14(2,3)11(17)15-13(16)19/h5-8H,4H2,1-3H3,(H,15,17,19). The number of urea groups is 1. The maximum atomic E-state index is 12.3. The number of amides is 4.